The molecule has 0 radical (unpaired) electrons. The van der Waals surface area contributed by atoms with Gasteiger partial charge in [-0.05, 0) is 43.5 Å². The number of fused-ring (bicyclic) bond motifs is 1. The van der Waals surface area contributed by atoms with Gasteiger partial charge < -0.3 is 5.32 Å². The van der Waals surface area contributed by atoms with E-state index >= 15 is 0 Å². The molecular formula is C22H26ClN5O2. The van der Waals surface area contributed by atoms with E-state index in [2.05, 4.69) is 15.5 Å². The van der Waals surface area contributed by atoms with Crippen LogP contribution in [-0.4, -0.2) is 31.1 Å². The normalized spacial score (nSPS) is 15.2. The van der Waals surface area contributed by atoms with Crippen molar-refractivity contribution in [2.45, 2.75) is 63.8 Å². The van der Waals surface area contributed by atoms with Gasteiger partial charge in [0.2, 0.25) is 11.6 Å². The summed E-state index contributed by atoms with van der Waals surface area (Å²) >= 11 is 5.93. The van der Waals surface area contributed by atoms with E-state index in [1.54, 1.807) is 41.1 Å². The highest BCUT2D eigenvalue weighted by Gasteiger charge is 2.15. The van der Waals surface area contributed by atoms with Crippen molar-refractivity contribution in [3.63, 3.8) is 0 Å². The van der Waals surface area contributed by atoms with E-state index in [-0.39, 0.29) is 17.1 Å². The third kappa shape index (κ3) is 4.73. The van der Waals surface area contributed by atoms with Crippen molar-refractivity contribution in [3.05, 3.63) is 57.9 Å². The first-order chi connectivity index (χ1) is 14.6. The lowest BCUT2D eigenvalue weighted by molar-refractivity contribution is -0.122. The van der Waals surface area contributed by atoms with Gasteiger partial charge in [0.15, 0.2) is 0 Å². The summed E-state index contributed by atoms with van der Waals surface area (Å²) in [6, 6.07) is 7.36. The number of nitrogens with zero attached hydrogens (tertiary/aromatic N) is 4. The molecule has 0 aliphatic heterocycles. The molecule has 1 N–H and O–H groups in total. The molecule has 0 atom stereocenters. The first kappa shape index (κ1) is 20.6. The van der Waals surface area contributed by atoms with Crippen LogP contribution in [0.25, 0.3) is 11.3 Å². The quantitative estimate of drug-likeness (QED) is 0.608. The highest BCUT2D eigenvalue weighted by Crippen LogP contribution is 2.17. The van der Waals surface area contributed by atoms with Gasteiger partial charge in [-0.15, -0.1) is 10.2 Å². The number of carbonyl (C=O) groups excluding carboxylic acids is 1. The molecule has 1 fully saturated rings. The number of hydrogen-bond acceptors (Lipinski definition) is 4. The lowest BCUT2D eigenvalue weighted by Crippen LogP contribution is -2.34. The molecule has 2 heterocycles. The second-order valence-corrected chi connectivity index (χ2v) is 8.31. The SMILES string of the molecule is O=C(CCCc1nnc2c(=O)n(-c3ccc(Cl)cc3)ccn12)NC1CCCCCC1. The lowest BCUT2D eigenvalue weighted by Gasteiger charge is -2.16. The molecule has 7 nitrogen and oxygen atoms in total. The molecule has 1 saturated carbocycles. The van der Waals surface area contributed by atoms with Gasteiger partial charge in [0.1, 0.15) is 5.82 Å². The summed E-state index contributed by atoms with van der Waals surface area (Å²) in [5.41, 5.74) is 0.738. The van der Waals surface area contributed by atoms with Crippen molar-refractivity contribution in [2.24, 2.45) is 0 Å². The van der Waals surface area contributed by atoms with Crippen molar-refractivity contribution in [2.75, 3.05) is 0 Å². The van der Waals surface area contributed by atoms with Crippen LogP contribution in [-0.2, 0) is 11.2 Å². The number of carbonyl (C=O) groups is 1. The van der Waals surface area contributed by atoms with Crippen LogP contribution in [0.15, 0.2) is 41.5 Å². The van der Waals surface area contributed by atoms with Crippen LogP contribution in [0.3, 0.4) is 0 Å². The summed E-state index contributed by atoms with van der Waals surface area (Å²) in [7, 11) is 0. The molecule has 0 saturated heterocycles. The van der Waals surface area contributed by atoms with E-state index in [1.807, 2.05) is 0 Å². The minimum Gasteiger partial charge on any atom is -0.353 e. The molecule has 2 aromatic heterocycles. The molecule has 1 aromatic carbocycles. The van der Waals surface area contributed by atoms with Gasteiger partial charge in [0.25, 0.3) is 0 Å². The molecule has 0 spiro atoms. The van der Waals surface area contributed by atoms with Gasteiger partial charge in [-0.25, -0.2) is 0 Å². The summed E-state index contributed by atoms with van der Waals surface area (Å²) < 4.78 is 3.22. The van der Waals surface area contributed by atoms with Gasteiger partial charge in [-0.3, -0.25) is 18.6 Å². The third-order valence-electron chi connectivity index (χ3n) is 5.67. The topological polar surface area (TPSA) is 81.3 Å². The number of aryl methyl sites for hydroxylation is 1. The van der Waals surface area contributed by atoms with Crippen molar-refractivity contribution in [1.29, 1.82) is 0 Å². The number of halogens is 1. The Kier molecular flexibility index (Phi) is 6.47. The summed E-state index contributed by atoms with van der Waals surface area (Å²) in [4.78, 5) is 25.1. The standard InChI is InChI=1S/C22H26ClN5O2/c23-16-10-12-18(13-11-16)27-14-15-28-19(25-26-21(28)22(27)30)8-5-9-20(29)24-17-6-3-1-2-4-7-17/h10-15,17H,1-9H2,(H,24,29). The van der Waals surface area contributed by atoms with Gasteiger partial charge in [-0.1, -0.05) is 37.3 Å². The maximum atomic E-state index is 12.8. The van der Waals surface area contributed by atoms with Crippen LogP contribution in [0.4, 0.5) is 0 Å². The average Bonchev–Trinajstić information content (AvgIpc) is 2.98. The van der Waals surface area contributed by atoms with E-state index in [0.717, 1.165) is 12.8 Å². The molecule has 1 aliphatic rings. The summed E-state index contributed by atoms with van der Waals surface area (Å²) in [6.07, 6.45) is 12.3. The van der Waals surface area contributed by atoms with Crippen LogP contribution in [0.5, 0.6) is 0 Å². The highest BCUT2D eigenvalue weighted by atomic mass is 35.5. The largest absolute Gasteiger partial charge is 0.353 e. The van der Waals surface area contributed by atoms with E-state index in [9.17, 15) is 9.59 Å². The zero-order chi connectivity index (χ0) is 20.9. The Morgan fingerprint density at radius 1 is 1.07 bits per heavy atom. The second-order valence-electron chi connectivity index (χ2n) is 7.87. The first-order valence-corrected chi connectivity index (χ1v) is 11.0. The van der Waals surface area contributed by atoms with E-state index in [0.29, 0.717) is 41.8 Å². The van der Waals surface area contributed by atoms with Crippen molar-refractivity contribution >= 4 is 23.2 Å². The van der Waals surface area contributed by atoms with Gasteiger partial charge >= 0.3 is 5.56 Å². The van der Waals surface area contributed by atoms with Crippen LogP contribution in [0, 0.1) is 0 Å². The van der Waals surface area contributed by atoms with E-state index in [1.165, 1.54) is 30.3 Å². The first-order valence-electron chi connectivity index (χ1n) is 10.6. The fourth-order valence-corrected chi connectivity index (χ4v) is 4.17. The Morgan fingerprint density at radius 2 is 1.80 bits per heavy atom. The Labute approximate surface area is 180 Å². The predicted octanol–water partition coefficient (Wildman–Crippen LogP) is 3.70. The molecule has 1 aliphatic carbocycles. The Bertz CT molecular complexity index is 1070. The third-order valence-corrected chi connectivity index (χ3v) is 5.92. The number of hydrogen-bond donors (Lipinski definition) is 1. The molecule has 0 bridgehead atoms. The molecule has 30 heavy (non-hydrogen) atoms. The lowest BCUT2D eigenvalue weighted by atomic mass is 10.1. The van der Waals surface area contributed by atoms with E-state index < -0.39 is 0 Å². The van der Waals surface area contributed by atoms with Crippen LogP contribution in [0.2, 0.25) is 5.02 Å². The van der Waals surface area contributed by atoms with Gasteiger partial charge in [0.05, 0.1) is 0 Å². The van der Waals surface area contributed by atoms with Gasteiger partial charge in [0, 0.05) is 42.0 Å². The highest BCUT2D eigenvalue weighted by molar-refractivity contribution is 6.30. The number of nitrogens with one attached hydrogen (secondary N) is 1. The molecular weight excluding hydrogens is 402 g/mol. The summed E-state index contributed by atoms with van der Waals surface area (Å²) in [5, 5.41) is 12.0. The molecule has 4 rings (SSSR count). The van der Waals surface area contributed by atoms with Crippen molar-refractivity contribution in [3.8, 4) is 5.69 Å². The maximum absolute atomic E-state index is 12.8. The Morgan fingerprint density at radius 3 is 2.53 bits per heavy atom. The van der Waals surface area contributed by atoms with E-state index in [4.69, 9.17) is 11.6 Å². The van der Waals surface area contributed by atoms with Crippen LogP contribution < -0.4 is 10.9 Å². The van der Waals surface area contributed by atoms with Gasteiger partial charge in [-0.2, -0.15) is 0 Å². The molecule has 0 unspecified atom stereocenters. The zero-order valence-electron chi connectivity index (χ0n) is 16.9. The number of aromatic nitrogens is 4. The van der Waals surface area contributed by atoms with Crippen LogP contribution in [0.1, 0.15) is 57.2 Å². The fourth-order valence-electron chi connectivity index (χ4n) is 4.04. The number of amides is 1. The predicted molar refractivity (Wildman–Crippen MR) is 116 cm³/mol. The smallest absolute Gasteiger partial charge is 0.300 e. The van der Waals surface area contributed by atoms with Crippen molar-refractivity contribution in [1.82, 2.24) is 24.5 Å². The monoisotopic (exact) mass is 427 g/mol. The molecule has 3 aromatic rings. The molecule has 158 valence electrons. The number of rotatable bonds is 6. The van der Waals surface area contributed by atoms with Crippen LogP contribution >= 0.6 is 11.6 Å². The van der Waals surface area contributed by atoms with Crippen molar-refractivity contribution < 1.29 is 4.79 Å². The average molecular weight is 428 g/mol. The summed E-state index contributed by atoms with van der Waals surface area (Å²) in [6.45, 7) is 0. The fraction of sp³-hybridized carbons (Fsp3) is 0.455. The molecule has 8 heteroatoms. The minimum atomic E-state index is -0.246. The number of benzene rings is 1. The molecule has 1 amide bonds. The Balaban J connectivity index is 1.39. The maximum Gasteiger partial charge on any atom is 0.300 e. The zero-order valence-corrected chi connectivity index (χ0v) is 17.6. The Hall–Kier alpha value is -2.67. The minimum absolute atomic E-state index is 0.0980. The summed E-state index contributed by atoms with van der Waals surface area (Å²) in [5.74, 6) is 0.786. The second kappa shape index (κ2) is 9.43.